The Labute approximate surface area is 128 Å². The van der Waals surface area contributed by atoms with Gasteiger partial charge >= 0.3 is 0 Å². The van der Waals surface area contributed by atoms with E-state index >= 15 is 0 Å². The van der Waals surface area contributed by atoms with Crippen molar-refractivity contribution in [3.63, 3.8) is 0 Å². The molecule has 0 aliphatic carbocycles. The molecule has 2 N–H and O–H groups in total. The van der Waals surface area contributed by atoms with Gasteiger partial charge in [-0.3, -0.25) is 0 Å². The second kappa shape index (κ2) is 5.75. The van der Waals surface area contributed by atoms with E-state index in [1.54, 1.807) is 18.3 Å². The SMILES string of the molecule is Cc1cnc(CNS(=O)(=O)c2ccc3c(c2)CCCN3)s1. The van der Waals surface area contributed by atoms with Gasteiger partial charge in [-0.05, 0) is 43.5 Å². The van der Waals surface area contributed by atoms with Gasteiger partial charge in [0.15, 0.2) is 0 Å². The maximum Gasteiger partial charge on any atom is 0.240 e. The van der Waals surface area contributed by atoms with Gasteiger partial charge in [0, 0.05) is 23.3 Å². The lowest BCUT2D eigenvalue weighted by Crippen LogP contribution is -2.23. The number of nitrogens with one attached hydrogen (secondary N) is 2. The van der Waals surface area contributed by atoms with Crippen molar-refractivity contribution in [2.45, 2.75) is 31.2 Å². The van der Waals surface area contributed by atoms with Gasteiger partial charge in [0.2, 0.25) is 10.0 Å². The average molecular weight is 323 g/mol. The van der Waals surface area contributed by atoms with Crippen LogP contribution in [-0.4, -0.2) is 19.9 Å². The number of anilines is 1. The molecule has 1 aromatic heterocycles. The molecule has 2 aromatic rings. The molecule has 0 fully saturated rings. The molecule has 1 aliphatic rings. The lowest BCUT2D eigenvalue weighted by Gasteiger charge is -2.18. The minimum absolute atomic E-state index is 0.232. The van der Waals surface area contributed by atoms with Crippen molar-refractivity contribution in [2.24, 2.45) is 0 Å². The number of hydrogen-bond donors (Lipinski definition) is 2. The van der Waals surface area contributed by atoms with Crippen molar-refractivity contribution in [2.75, 3.05) is 11.9 Å². The molecule has 2 heterocycles. The highest BCUT2D eigenvalue weighted by Crippen LogP contribution is 2.25. The van der Waals surface area contributed by atoms with Crippen molar-refractivity contribution in [1.82, 2.24) is 9.71 Å². The van der Waals surface area contributed by atoms with E-state index in [1.807, 2.05) is 13.0 Å². The lowest BCUT2D eigenvalue weighted by molar-refractivity contribution is 0.581. The highest BCUT2D eigenvalue weighted by molar-refractivity contribution is 7.89. The molecule has 21 heavy (non-hydrogen) atoms. The van der Waals surface area contributed by atoms with E-state index in [4.69, 9.17) is 0 Å². The Kier molecular flexibility index (Phi) is 3.97. The zero-order valence-corrected chi connectivity index (χ0v) is 13.4. The molecule has 0 bridgehead atoms. The van der Waals surface area contributed by atoms with Gasteiger partial charge in [0.1, 0.15) is 5.01 Å². The van der Waals surface area contributed by atoms with Gasteiger partial charge in [-0.1, -0.05) is 0 Å². The Balaban J connectivity index is 1.78. The number of thiazole rings is 1. The summed E-state index contributed by atoms with van der Waals surface area (Å²) in [5, 5.41) is 4.05. The molecule has 0 atom stereocenters. The number of benzene rings is 1. The molecule has 0 amide bonds. The van der Waals surface area contributed by atoms with Crippen LogP contribution >= 0.6 is 11.3 Å². The summed E-state index contributed by atoms with van der Waals surface area (Å²) in [5.74, 6) is 0. The predicted octanol–water partition coefficient (Wildman–Crippen LogP) is 2.29. The summed E-state index contributed by atoms with van der Waals surface area (Å²) in [6, 6.07) is 5.25. The van der Waals surface area contributed by atoms with Crippen molar-refractivity contribution in [1.29, 1.82) is 0 Å². The van der Waals surface area contributed by atoms with E-state index in [2.05, 4.69) is 15.0 Å². The second-order valence-electron chi connectivity index (χ2n) is 5.04. The van der Waals surface area contributed by atoms with Crippen LogP contribution in [0.25, 0.3) is 0 Å². The molecule has 0 spiro atoms. The molecule has 1 aromatic carbocycles. The Morgan fingerprint density at radius 1 is 1.43 bits per heavy atom. The third-order valence-corrected chi connectivity index (χ3v) is 5.72. The predicted molar refractivity (Wildman–Crippen MR) is 84.1 cm³/mol. The van der Waals surface area contributed by atoms with Gasteiger partial charge in [0.25, 0.3) is 0 Å². The van der Waals surface area contributed by atoms with Gasteiger partial charge in [-0.25, -0.2) is 18.1 Å². The molecule has 3 rings (SSSR count). The number of sulfonamides is 1. The summed E-state index contributed by atoms with van der Waals surface area (Å²) in [6.45, 7) is 3.13. The summed E-state index contributed by atoms with van der Waals surface area (Å²) < 4.78 is 27.3. The minimum Gasteiger partial charge on any atom is -0.385 e. The van der Waals surface area contributed by atoms with Gasteiger partial charge in [-0.15, -0.1) is 11.3 Å². The van der Waals surface area contributed by atoms with E-state index in [0.29, 0.717) is 4.90 Å². The third-order valence-electron chi connectivity index (χ3n) is 3.41. The van der Waals surface area contributed by atoms with Crippen LogP contribution in [0.4, 0.5) is 5.69 Å². The first kappa shape index (κ1) is 14.5. The molecule has 112 valence electrons. The molecule has 1 aliphatic heterocycles. The van der Waals surface area contributed by atoms with Crippen molar-refractivity contribution >= 4 is 27.0 Å². The summed E-state index contributed by atoms with van der Waals surface area (Å²) in [7, 11) is -3.49. The van der Waals surface area contributed by atoms with Crippen LogP contribution < -0.4 is 10.0 Å². The number of fused-ring (bicyclic) bond motifs is 1. The van der Waals surface area contributed by atoms with Crippen LogP contribution in [0.2, 0.25) is 0 Å². The highest BCUT2D eigenvalue weighted by atomic mass is 32.2. The molecule has 0 saturated heterocycles. The average Bonchev–Trinajstić information content (AvgIpc) is 2.90. The standard InChI is InChI=1S/C14H17N3O2S2/c1-10-8-16-14(20-10)9-17-21(18,19)12-4-5-13-11(7-12)3-2-6-15-13/h4-5,7-8,15,17H,2-3,6,9H2,1H3. The fourth-order valence-electron chi connectivity index (χ4n) is 2.34. The Morgan fingerprint density at radius 2 is 2.29 bits per heavy atom. The molecule has 0 radical (unpaired) electrons. The van der Waals surface area contributed by atoms with Gasteiger partial charge < -0.3 is 5.32 Å². The van der Waals surface area contributed by atoms with Crippen LogP contribution in [0.5, 0.6) is 0 Å². The topological polar surface area (TPSA) is 71.1 Å². The van der Waals surface area contributed by atoms with Crippen LogP contribution in [0.15, 0.2) is 29.3 Å². The molecular formula is C14H17N3O2S2. The van der Waals surface area contributed by atoms with Gasteiger partial charge in [0.05, 0.1) is 11.4 Å². The smallest absolute Gasteiger partial charge is 0.240 e. The number of hydrogen-bond acceptors (Lipinski definition) is 5. The number of aryl methyl sites for hydroxylation is 2. The quantitative estimate of drug-likeness (QED) is 0.905. The number of aromatic nitrogens is 1. The van der Waals surface area contributed by atoms with Crippen LogP contribution in [0.1, 0.15) is 21.9 Å². The third kappa shape index (κ3) is 3.25. The van der Waals surface area contributed by atoms with E-state index in [-0.39, 0.29) is 6.54 Å². The van der Waals surface area contributed by atoms with E-state index in [0.717, 1.165) is 40.5 Å². The number of rotatable bonds is 4. The van der Waals surface area contributed by atoms with Crippen molar-refractivity contribution in [3.05, 3.63) is 39.8 Å². The Bertz CT molecular complexity index is 753. The second-order valence-corrected chi connectivity index (χ2v) is 8.12. The summed E-state index contributed by atoms with van der Waals surface area (Å²) >= 11 is 1.50. The summed E-state index contributed by atoms with van der Waals surface area (Å²) in [5.41, 5.74) is 2.10. The Morgan fingerprint density at radius 3 is 3.05 bits per heavy atom. The first-order chi connectivity index (χ1) is 10.0. The zero-order valence-electron chi connectivity index (χ0n) is 11.7. The molecule has 7 heteroatoms. The minimum atomic E-state index is -3.49. The van der Waals surface area contributed by atoms with E-state index < -0.39 is 10.0 Å². The molecular weight excluding hydrogens is 306 g/mol. The normalized spacial score (nSPS) is 14.5. The van der Waals surface area contributed by atoms with Crippen LogP contribution in [0.3, 0.4) is 0 Å². The van der Waals surface area contributed by atoms with E-state index in [1.165, 1.54) is 11.3 Å². The fraction of sp³-hybridized carbons (Fsp3) is 0.357. The van der Waals surface area contributed by atoms with Crippen molar-refractivity contribution in [3.8, 4) is 0 Å². The summed E-state index contributed by atoms with van der Waals surface area (Å²) in [6.07, 6.45) is 3.69. The highest BCUT2D eigenvalue weighted by Gasteiger charge is 2.17. The Hall–Kier alpha value is -1.44. The first-order valence-electron chi connectivity index (χ1n) is 6.82. The molecule has 5 nitrogen and oxygen atoms in total. The van der Waals surface area contributed by atoms with Crippen LogP contribution in [0, 0.1) is 6.92 Å². The largest absolute Gasteiger partial charge is 0.385 e. The lowest BCUT2D eigenvalue weighted by atomic mass is 10.0. The first-order valence-corrected chi connectivity index (χ1v) is 9.12. The maximum atomic E-state index is 12.3. The monoisotopic (exact) mass is 323 g/mol. The maximum absolute atomic E-state index is 12.3. The fourth-order valence-corrected chi connectivity index (χ4v) is 4.20. The van der Waals surface area contributed by atoms with E-state index in [9.17, 15) is 8.42 Å². The zero-order chi connectivity index (χ0) is 14.9. The molecule has 0 saturated carbocycles. The summed E-state index contributed by atoms with van der Waals surface area (Å²) in [4.78, 5) is 5.56. The van der Waals surface area contributed by atoms with Crippen molar-refractivity contribution < 1.29 is 8.42 Å². The van der Waals surface area contributed by atoms with Crippen LogP contribution in [-0.2, 0) is 23.0 Å². The number of nitrogens with zero attached hydrogens (tertiary/aromatic N) is 1. The van der Waals surface area contributed by atoms with Gasteiger partial charge in [-0.2, -0.15) is 0 Å². The molecule has 0 unspecified atom stereocenters.